The Morgan fingerprint density at radius 1 is 0.880 bits per heavy atom. The minimum atomic E-state index is -0.147. The maximum absolute atomic E-state index is 12.7. The van der Waals surface area contributed by atoms with Crippen LogP contribution in [0.1, 0.15) is 16.8 Å². The summed E-state index contributed by atoms with van der Waals surface area (Å²) in [5.74, 6) is 0. The maximum Gasteiger partial charge on any atom is 0.318 e. The van der Waals surface area contributed by atoms with Gasteiger partial charge in [-0.15, -0.1) is 0 Å². The molecule has 25 heavy (non-hydrogen) atoms. The zero-order valence-electron chi connectivity index (χ0n) is 13.7. The van der Waals surface area contributed by atoms with Crippen molar-refractivity contribution in [2.24, 2.45) is 0 Å². The molecule has 0 aliphatic rings. The molecule has 0 aromatic carbocycles. The summed E-state index contributed by atoms with van der Waals surface area (Å²) in [5.41, 5.74) is 2.82. The fourth-order valence-electron chi connectivity index (χ4n) is 2.40. The summed E-state index contributed by atoms with van der Waals surface area (Å²) in [6.07, 6.45) is 8.65. The van der Waals surface area contributed by atoms with Gasteiger partial charge in [0.15, 0.2) is 0 Å². The quantitative estimate of drug-likeness (QED) is 0.753. The molecule has 0 bridgehead atoms. The molecule has 3 rings (SSSR count). The Balaban J connectivity index is 1.69. The summed E-state index contributed by atoms with van der Waals surface area (Å²) in [5, 5.41) is 2.93. The molecule has 0 aliphatic carbocycles. The Labute approximate surface area is 146 Å². The molecule has 1 N–H and O–H groups in total. The number of rotatable bonds is 6. The van der Waals surface area contributed by atoms with E-state index >= 15 is 0 Å². The number of amides is 2. The number of hydrogen-bond donors (Lipinski definition) is 1. The van der Waals surface area contributed by atoms with Crippen LogP contribution in [0.2, 0.25) is 0 Å². The average Bonchev–Trinajstić information content (AvgIpc) is 2.68. The first-order valence-corrected chi connectivity index (χ1v) is 8.02. The van der Waals surface area contributed by atoms with Crippen LogP contribution >= 0.6 is 0 Å². The van der Waals surface area contributed by atoms with E-state index in [0.717, 1.165) is 16.8 Å². The van der Waals surface area contributed by atoms with Crippen LogP contribution in [-0.4, -0.2) is 25.9 Å². The molecule has 6 nitrogen and oxygen atoms in total. The van der Waals surface area contributed by atoms with Crippen molar-refractivity contribution in [3.8, 4) is 0 Å². The van der Waals surface area contributed by atoms with Gasteiger partial charge in [-0.2, -0.15) is 0 Å². The van der Waals surface area contributed by atoms with Gasteiger partial charge in [-0.3, -0.25) is 15.0 Å². The molecule has 0 saturated heterocycles. The molecule has 0 aliphatic heterocycles. The topological polar surface area (TPSA) is 71.0 Å². The first-order valence-electron chi connectivity index (χ1n) is 8.02. The standard InChI is InChI=1S/C19H19N5O/c25-19(23-13-18-5-1-2-9-22-18)24(14-16-6-10-20-11-7-16)15-17-4-3-8-21-12-17/h1-12H,13-15H2,(H,23,25). The van der Waals surface area contributed by atoms with Gasteiger partial charge in [0.1, 0.15) is 0 Å². The Hall–Kier alpha value is -3.28. The summed E-state index contributed by atoms with van der Waals surface area (Å²) in [7, 11) is 0. The average molecular weight is 333 g/mol. The van der Waals surface area contributed by atoms with Gasteiger partial charge in [-0.1, -0.05) is 12.1 Å². The Morgan fingerprint density at radius 2 is 1.72 bits per heavy atom. The first-order chi connectivity index (χ1) is 12.3. The molecular weight excluding hydrogens is 314 g/mol. The number of pyridine rings is 3. The van der Waals surface area contributed by atoms with Crippen LogP contribution in [0.3, 0.4) is 0 Å². The van der Waals surface area contributed by atoms with Crippen LogP contribution < -0.4 is 5.32 Å². The largest absolute Gasteiger partial charge is 0.332 e. The van der Waals surface area contributed by atoms with Crippen molar-refractivity contribution in [1.82, 2.24) is 25.2 Å². The maximum atomic E-state index is 12.7. The molecule has 3 aromatic rings. The molecule has 0 saturated carbocycles. The Kier molecular flexibility index (Phi) is 5.66. The Bertz CT molecular complexity index is 739. The van der Waals surface area contributed by atoms with Gasteiger partial charge in [0, 0.05) is 44.1 Å². The van der Waals surface area contributed by atoms with E-state index in [9.17, 15) is 4.79 Å². The van der Waals surface area contributed by atoms with Crippen LogP contribution in [0.5, 0.6) is 0 Å². The van der Waals surface area contributed by atoms with Crippen LogP contribution in [0.15, 0.2) is 73.4 Å². The Morgan fingerprint density at radius 3 is 2.44 bits per heavy atom. The summed E-state index contributed by atoms with van der Waals surface area (Å²) < 4.78 is 0. The number of carbonyl (C=O) groups excluding carboxylic acids is 1. The summed E-state index contributed by atoms with van der Waals surface area (Å²) in [6.45, 7) is 1.36. The third-order valence-electron chi connectivity index (χ3n) is 3.65. The molecule has 3 aromatic heterocycles. The van der Waals surface area contributed by atoms with E-state index in [-0.39, 0.29) is 6.03 Å². The van der Waals surface area contributed by atoms with Crippen LogP contribution in [0.4, 0.5) is 4.79 Å². The summed E-state index contributed by atoms with van der Waals surface area (Å²) in [4.78, 5) is 26.8. The van der Waals surface area contributed by atoms with E-state index in [1.165, 1.54) is 0 Å². The van der Waals surface area contributed by atoms with Crippen molar-refractivity contribution < 1.29 is 4.79 Å². The number of urea groups is 1. The van der Waals surface area contributed by atoms with Gasteiger partial charge in [-0.05, 0) is 41.5 Å². The van der Waals surface area contributed by atoms with Crippen molar-refractivity contribution in [3.05, 3.63) is 90.3 Å². The lowest BCUT2D eigenvalue weighted by Gasteiger charge is -2.23. The second kappa shape index (κ2) is 8.54. The fourth-order valence-corrected chi connectivity index (χ4v) is 2.40. The van der Waals surface area contributed by atoms with Crippen LogP contribution in [-0.2, 0) is 19.6 Å². The lowest BCUT2D eigenvalue weighted by molar-refractivity contribution is 0.191. The third-order valence-corrected chi connectivity index (χ3v) is 3.65. The molecule has 2 amide bonds. The van der Waals surface area contributed by atoms with Crippen molar-refractivity contribution in [1.29, 1.82) is 0 Å². The highest BCUT2D eigenvalue weighted by molar-refractivity contribution is 5.74. The van der Waals surface area contributed by atoms with Gasteiger partial charge < -0.3 is 10.2 Å². The second-order valence-corrected chi connectivity index (χ2v) is 5.55. The van der Waals surface area contributed by atoms with Crippen molar-refractivity contribution in [3.63, 3.8) is 0 Å². The monoisotopic (exact) mass is 333 g/mol. The van der Waals surface area contributed by atoms with Gasteiger partial charge in [0.2, 0.25) is 0 Å². The van der Waals surface area contributed by atoms with E-state index in [1.807, 2.05) is 42.5 Å². The SMILES string of the molecule is O=C(NCc1ccccn1)N(Cc1ccncc1)Cc1cccnc1. The van der Waals surface area contributed by atoms with E-state index in [0.29, 0.717) is 19.6 Å². The number of aromatic nitrogens is 3. The minimum absolute atomic E-state index is 0.147. The molecule has 0 atom stereocenters. The smallest absolute Gasteiger partial charge is 0.318 e. The third kappa shape index (κ3) is 5.10. The zero-order valence-corrected chi connectivity index (χ0v) is 13.7. The van der Waals surface area contributed by atoms with Gasteiger partial charge >= 0.3 is 6.03 Å². The second-order valence-electron chi connectivity index (χ2n) is 5.55. The fraction of sp³-hybridized carbons (Fsp3) is 0.158. The first kappa shape index (κ1) is 16.6. The van der Waals surface area contributed by atoms with E-state index < -0.39 is 0 Å². The summed E-state index contributed by atoms with van der Waals surface area (Å²) >= 11 is 0. The molecular formula is C19H19N5O. The van der Waals surface area contributed by atoms with E-state index in [1.54, 1.807) is 35.9 Å². The lowest BCUT2D eigenvalue weighted by Crippen LogP contribution is -2.38. The normalized spacial score (nSPS) is 10.2. The highest BCUT2D eigenvalue weighted by Gasteiger charge is 2.14. The highest BCUT2D eigenvalue weighted by Crippen LogP contribution is 2.09. The predicted molar refractivity (Wildman–Crippen MR) is 94.2 cm³/mol. The minimum Gasteiger partial charge on any atom is -0.332 e. The molecule has 3 heterocycles. The van der Waals surface area contributed by atoms with Gasteiger partial charge in [-0.25, -0.2) is 4.79 Å². The van der Waals surface area contributed by atoms with Crippen molar-refractivity contribution in [2.45, 2.75) is 19.6 Å². The van der Waals surface area contributed by atoms with Crippen molar-refractivity contribution in [2.75, 3.05) is 0 Å². The molecule has 0 radical (unpaired) electrons. The van der Waals surface area contributed by atoms with Crippen molar-refractivity contribution >= 4 is 6.03 Å². The van der Waals surface area contributed by atoms with Crippen LogP contribution in [0, 0.1) is 0 Å². The number of carbonyl (C=O) groups is 1. The number of nitrogens with one attached hydrogen (secondary N) is 1. The molecule has 0 unspecified atom stereocenters. The highest BCUT2D eigenvalue weighted by atomic mass is 16.2. The van der Waals surface area contributed by atoms with E-state index in [2.05, 4.69) is 20.3 Å². The van der Waals surface area contributed by atoms with Crippen LogP contribution in [0.25, 0.3) is 0 Å². The number of nitrogens with zero attached hydrogens (tertiary/aromatic N) is 4. The molecule has 0 fully saturated rings. The molecule has 6 heteroatoms. The molecule has 126 valence electrons. The lowest BCUT2D eigenvalue weighted by atomic mass is 10.2. The van der Waals surface area contributed by atoms with Gasteiger partial charge in [0.05, 0.1) is 12.2 Å². The number of hydrogen-bond acceptors (Lipinski definition) is 4. The predicted octanol–water partition coefficient (Wildman–Crippen LogP) is 2.78. The van der Waals surface area contributed by atoms with E-state index in [4.69, 9.17) is 0 Å². The van der Waals surface area contributed by atoms with Gasteiger partial charge in [0.25, 0.3) is 0 Å². The zero-order chi connectivity index (χ0) is 17.3. The summed E-state index contributed by atoms with van der Waals surface area (Å²) in [6, 6.07) is 13.1. The molecule has 0 spiro atoms.